The first-order valence-corrected chi connectivity index (χ1v) is 6.77. The molecule has 0 saturated carbocycles. The molecule has 0 N–H and O–H groups in total. The van der Waals surface area contributed by atoms with Crippen LogP contribution in [0.25, 0.3) is 0 Å². The molecule has 1 saturated heterocycles. The maximum atomic E-state index is 9.32. The normalized spacial score (nSPS) is 20.8. The van der Waals surface area contributed by atoms with Crippen molar-refractivity contribution in [2.45, 2.75) is 39.5 Å². The van der Waals surface area contributed by atoms with E-state index in [4.69, 9.17) is 4.98 Å². The Hall–Kier alpha value is -1.56. The van der Waals surface area contributed by atoms with Gasteiger partial charge in [0.2, 0.25) is 0 Å². The molecule has 3 nitrogen and oxygen atoms in total. The third-order valence-corrected chi connectivity index (χ3v) is 4.13. The molecule has 1 fully saturated rings. The van der Waals surface area contributed by atoms with Crippen LogP contribution in [0.15, 0.2) is 6.07 Å². The molecule has 0 atom stereocenters. The fraction of sp³-hybridized carbons (Fsp3) is 0.600. The van der Waals surface area contributed by atoms with Crippen LogP contribution in [0, 0.1) is 16.7 Å². The number of rotatable bonds is 1. The van der Waals surface area contributed by atoms with Crippen LogP contribution in [0.2, 0.25) is 0 Å². The lowest BCUT2D eigenvalue weighted by atomic mass is 9.93. The maximum absolute atomic E-state index is 9.32. The van der Waals surface area contributed by atoms with Crippen LogP contribution in [0.5, 0.6) is 0 Å². The summed E-state index contributed by atoms with van der Waals surface area (Å²) in [6, 6.07) is 4.39. The summed E-state index contributed by atoms with van der Waals surface area (Å²) in [5.74, 6) is 0.920. The number of aryl methyl sites for hydroxylation is 2. The van der Waals surface area contributed by atoms with Crippen LogP contribution in [0.1, 0.15) is 43.5 Å². The van der Waals surface area contributed by atoms with Crippen LogP contribution >= 0.6 is 0 Å². The second-order valence-corrected chi connectivity index (χ2v) is 6.27. The molecule has 0 amide bonds. The molecule has 18 heavy (non-hydrogen) atoms. The highest BCUT2D eigenvalue weighted by molar-refractivity contribution is 5.57. The van der Waals surface area contributed by atoms with Crippen molar-refractivity contribution in [2.75, 3.05) is 18.0 Å². The number of anilines is 1. The molecule has 1 aromatic heterocycles. The van der Waals surface area contributed by atoms with Crippen molar-refractivity contribution < 1.29 is 0 Å². The van der Waals surface area contributed by atoms with Gasteiger partial charge < -0.3 is 4.90 Å². The fourth-order valence-corrected chi connectivity index (χ4v) is 3.08. The monoisotopic (exact) mass is 241 g/mol. The summed E-state index contributed by atoms with van der Waals surface area (Å²) < 4.78 is 0. The molecule has 2 aliphatic rings. The average Bonchev–Trinajstić information content (AvgIpc) is 2.92. The third-order valence-electron chi connectivity index (χ3n) is 4.13. The highest BCUT2D eigenvalue weighted by Gasteiger charge is 2.31. The summed E-state index contributed by atoms with van der Waals surface area (Å²) in [7, 11) is 0. The number of pyridine rings is 1. The quantitative estimate of drug-likeness (QED) is 0.759. The summed E-state index contributed by atoms with van der Waals surface area (Å²) in [6.07, 6.45) is 4.52. The van der Waals surface area contributed by atoms with Gasteiger partial charge in [-0.25, -0.2) is 4.98 Å². The Morgan fingerprint density at radius 1 is 1.39 bits per heavy atom. The minimum atomic E-state index is 0.341. The van der Waals surface area contributed by atoms with Gasteiger partial charge in [0.15, 0.2) is 0 Å². The zero-order valence-electron chi connectivity index (χ0n) is 11.2. The lowest BCUT2D eigenvalue weighted by Crippen LogP contribution is -2.25. The predicted molar refractivity (Wildman–Crippen MR) is 71.6 cm³/mol. The molecule has 3 rings (SSSR count). The van der Waals surface area contributed by atoms with Crippen LogP contribution in [-0.2, 0) is 12.8 Å². The van der Waals surface area contributed by atoms with Crippen LogP contribution < -0.4 is 4.90 Å². The predicted octanol–water partition coefficient (Wildman–Crippen LogP) is 2.68. The Kier molecular flexibility index (Phi) is 2.55. The van der Waals surface area contributed by atoms with E-state index >= 15 is 0 Å². The van der Waals surface area contributed by atoms with Crippen LogP contribution in [-0.4, -0.2) is 18.1 Å². The topological polar surface area (TPSA) is 39.9 Å². The van der Waals surface area contributed by atoms with E-state index in [-0.39, 0.29) is 0 Å². The Labute approximate surface area is 108 Å². The van der Waals surface area contributed by atoms with Crippen molar-refractivity contribution in [1.29, 1.82) is 5.26 Å². The second-order valence-electron chi connectivity index (χ2n) is 6.27. The van der Waals surface area contributed by atoms with Crippen molar-refractivity contribution in [3.63, 3.8) is 0 Å². The highest BCUT2D eigenvalue weighted by Crippen LogP contribution is 2.34. The molecule has 2 heterocycles. The van der Waals surface area contributed by atoms with E-state index in [0.717, 1.165) is 37.3 Å². The van der Waals surface area contributed by atoms with Crippen molar-refractivity contribution >= 4 is 5.82 Å². The van der Waals surface area contributed by atoms with Gasteiger partial charge in [0.1, 0.15) is 11.9 Å². The number of hydrogen-bond acceptors (Lipinski definition) is 3. The number of nitrogens with zero attached hydrogens (tertiary/aromatic N) is 3. The second kappa shape index (κ2) is 3.98. The van der Waals surface area contributed by atoms with E-state index in [2.05, 4.69) is 30.9 Å². The number of fused-ring (bicyclic) bond motifs is 1. The lowest BCUT2D eigenvalue weighted by Gasteiger charge is -2.22. The lowest BCUT2D eigenvalue weighted by molar-refractivity contribution is 0.418. The van der Waals surface area contributed by atoms with Gasteiger partial charge in [-0.1, -0.05) is 13.8 Å². The van der Waals surface area contributed by atoms with E-state index in [9.17, 15) is 5.26 Å². The molecule has 3 heteroatoms. The summed E-state index contributed by atoms with van der Waals surface area (Å²) in [4.78, 5) is 7.06. The summed E-state index contributed by atoms with van der Waals surface area (Å²) in [5.41, 5.74) is 3.60. The minimum absolute atomic E-state index is 0.341. The molecular formula is C15H19N3. The number of nitriles is 1. The molecule has 94 valence electrons. The number of aromatic nitrogens is 1. The first kappa shape index (κ1) is 11.5. The maximum Gasteiger partial charge on any atom is 0.146 e. The van der Waals surface area contributed by atoms with Gasteiger partial charge in [-0.2, -0.15) is 5.26 Å². The molecule has 0 spiro atoms. The van der Waals surface area contributed by atoms with Gasteiger partial charge in [0.05, 0.1) is 5.56 Å². The Balaban J connectivity index is 1.99. The SMILES string of the molecule is CC1(C)CCN(c2nc3c(cc2C#N)CCC3)C1. The van der Waals surface area contributed by atoms with E-state index in [0.29, 0.717) is 5.41 Å². The van der Waals surface area contributed by atoms with Gasteiger partial charge in [0.25, 0.3) is 0 Å². The first-order valence-electron chi connectivity index (χ1n) is 6.77. The zero-order valence-corrected chi connectivity index (χ0v) is 11.2. The van der Waals surface area contributed by atoms with Gasteiger partial charge in [-0.05, 0) is 42.7 Å². The molecule has 0 aromatic carbocycles. The summed E-state index contributed by atoms with van der Waals surface area (Å²) in [6.45, 7) is 6.60. The minimum Gasteiger partial charge on any atom is -0.355 e. The van der Waals surface area contributed by atoms with Gasteiger partial charge in [-0.15, -0.1) is 0 Å². The standard InChI is InChI=1S/C15H19N3/c1-15(2)6-7-18(10-15)14-12(9-16)8-11-4-3-5-13(11)17-14/h8H,3-7,10H2,1-2H3. The Morgan fingerprint density at radius 2 is 2.22 bits per heavy atom. The van der Waals surface area contributed by atoms with E-state index in [1.165, 1.54) is 24.1 Å². The molecule has 1 aliphatic carbocycles. The van der Waals surface area contributed by atoms with Gasteiger partial charge >= 0.3 is 0 Å². The Morgan fingerprint density at radius 3 is 2.89 bits per heavy atom. The van der Waals surface area contributed by atoms with Crippen molar-refractivity contribution in [2.24, 2.45) is 5.41 Å². The highest BCUT2D eigenvalue weighted by atomic mass is 15.2. The summed E-state index contributed by atoms with van der Waals surface area (Å²) in [5, 5.41) is 9.32. The first-order chi connectivity index (χ1) is 8.59. The third kappa shape index (κ3) is 1.86. The number of hydrogen-bond donors (Lipinski definition) is 0. The van der Waals surface area contributed by atoms with Crippen molar-refractivity contribution in [3.05, 3.63) is 22.9 Å². The average molecular weight is 241 g/mol. The van der Waals surface area contributed by atoms with Crippen molar-refractivity contribution in [1.82, 2.24) is 4.98 Å². The summed E-state index contributed by atoms with van der Waals surface area (Å²) >= 11 is 0. The smallest absolute Gasteiger partial charge is 0.146 e. The molecule has 1 aromatic rings. The molecule has 0 unspecified atom stereocenters. The molecule has 0 radical (unpaired) electrons. The Bertz CT molecular complexity index is 525. The fourth-order valence-electron chi connectivity index (χ4n) is 3.08. The van der Waals surface area contributed by atoms with Crippen LogP contribution in [0.4, 0.5) is 5.82 Å². The van der Waals surface area contributed by atoms with Gasteiger partial charge in [0, 0.05) is 18.8 Å². The van der Waals surface area contributed by atoms with E-state index in [1.807, 2.05) is 0 Å². The molecule has 1 aliphatic heterocycles. The van der Waals surface area contributed by atoms with E-state index < -0.39 is 0 Å². The van der Waals surface area contributed by atoms with Gasteiger partial charge in [-0.3, -0.25) is 0 Å². The zero-order chi connectivity index (χ0) is 12.8. The molecule has 0 bridgehead atoms. The van der Waals surface area contributed by atoms with Crippen molar-refractivity contribution in [3.8, 4) is 6.07 Å². The molecular weight excluding hydrogens is 222 g/mol. The van der Waals surface area contributed by atoms with E-state index in [1.54, 1.807) is 0 Å². The largest absolute Gasteiger partial charge is 0.355 e. The van der Waals surface area contributed by atoms with Crippen LogP contribution in [0.3, 0.4) is 0 Å².